The van der Waals surface area contributed by atoms with Gasteiger partial charge in [-0.1, -0.05) is 49.3 Å². The van der Waals surface area contributed by atoms with Crippen molar-refractivity contribution in [2.75, 3.05) is 0 Å². The summed E-state index contributed by atoms with van der Waals surface area (Å²) in [6.07, 6.45) is 6.39. The minimum atomic E-state index is -0.114. The van der Waals surface area contributed by atoms with E-state index in [2.05, 4.69) is 52.0 Å². The van der Waals surface area contributed by atoms with Crippen LogP contribution in [0.25, 0.3) is 0 Å². The highest BCUT2D eigenvalue weighted by Crippen LogP contribution is 2.61. The van der Waals surface area contributed by atoms with Crippen molar-refractivity contribution in [1.82, 2.24) is 0 Å². The molecule has 0 aromatic heterocycles. The molecule has 3 aliphatic carbocycles. The van der Waals surface area contributed by atoms with E-state index in [9.17, 15) is 5.11 Å². The lowest BCUT2D eigenvalue weighted by atomic mass is 9.52. The van der Waals surface area contributed by atoms with E-state index in [4.69, 9.17) is 0 Å². The van der Waals surface area contributed by atoms with E-state index in [1.807, 2.05) is 6.08 Å². The Morgan fingerprint density at radius 1 is 1.09 bits per heavy atom. The van der Waals surface area contributed by atoms with Crippen molar-refractivity contribution >= 4 is 0 Å². The molecule has 1 saturated carbocycles. The third kappa shape index (κ3) is 1.71. The Kier molecular flexibility index (Phi) is 2.89. The van der Waals surface area contributed by atoms with Crippen LogP contribution in [0.3, 0.4) is 0 Å². The fraction of sp³-hybridized carbons (Fsp3) is 0.524. The molecule has 116 valence electrons. The average Bonchev–Trinajstić information content (AvgIpc) is 2.74. The SMILES string of the molecule is Cc1ccc2c(c1)C[C@@H](C)C1C3=CC=C(O)[C@@]3(C)C[C@H](C)C21. The summed E-state index contributed by atoms with van der Waals surface area (Å²) >= 11 is 0. The van der Waals surface area contributed by atoms with Crippen LogP contribution in [0.5, 0.6) is 0 Å². The first-order valence-electron chi connectivity index (χ1n) is 8.63. The zero-order valence-electron chi connectivity index (χ0n) is 14.1. The number of aliphatic hydroxyl groups excluding tert-OH is 1. The number of allylic oxidation sites excluding steroid dienone is 3. The molecule has 0 heterocycles. The standard InChI is InChI=1S/C21H26O/c1-12-5-6-16-15(9-12)10-13(2)20-17-7-8-18(22)21(17,4)11-14(3)19(16)20/h5-9,13-14,19-20,22H,10-11H2,1-4H3/t13-,14+,19?,20?,21+/m1/s1. The van der Waals surface area contributed by atoms with Gasteiger partial charge in [-0.2, -0.15) is 0 Å². The van der Waals surface area contributed by atoms with Crippen molar-refractivity contribution in [3.05, 3.63) is 58.4 Å². The van der Waals surface area contributed by atoms with Crippen LogP contribution in [0.15, 0.2) is 41.7 Å². The second-order valence-electron chi connectivity index (χ2n) is 8.12. The van der Waals surface area contributed by atoms with E-state index in [0.29, 0.717) is 29.4 Å². The number of aryl methyl sites for hydroxylation is 1. The highest BCUT2D eigenvalue weighted by atomic mass is 16.3. The minimum absolute atomic E-state index is 0.114. The first kappa shape index (κ1) is 14.1. The van der Waals surface area contributed by atoms with E-state index >= 15 is 0 Å². The summed E-state index contributed by atoms with van der Waals surface area (Å²) in [7, 11) is 0. The number of hydrogen-bond donors (Lipinski definition) is 1. The summed E-state index contributed by atoms with van der Waals surface area (Å²) in [5.41, 5.74) is 5.86. The molecule has 0 bridgehead atoms. The highest BCUT2D eigenvalue weighted by Gasteiger charge is 2.52. The van der Waals surface area contributed by atoms with Crippen LogP contribution in [0.1, 0.15) is 49.8 Å². The van der Waals surface area contributed by atoms with Gasteiger partial charge in [0.05, 0.1) is 0 Å². The smallest absolute Gasteiger partial charge is 0.102 e. The second-order valence-corrected chi connectivity index (χ2v) is 8.12. The van der Waals surface area contributed by atoms with Crippen LogP contribution in [-0.2, 0) is 6.42 Å². The Labute approximate surface area is 133 Å². The Morgan fingerprint density at radius 2 is 1.86 bits per heavy atom. The van der Waals surface area contributed by atoms with Gasteiger partial charge in [0, 0.05) is 5.41 Å². The van der Waals surface area contributed by atoms with Gasteiger partial charge < -0.3 is 5.11 Å². The number of hydrogen-bond acceptors (Lipinski definition) is 1. The zero-order chi connectivity index (χ0) is 15.6. The van der Waals surface area contributed by atoms with Crippen LogP contribution in [0.4, 0.5) is 0 Å². The number of rotatable bonds is 0. The van der Waals surface area contributed by atoms with Crippen LogP contribution in [-0.4, -0.2) is 5.11 Å². The summed E-state index contributed by atoms with van der Waals surface area (Å²) in [4.78, 5) is 0. The van der Waals surface area contributed by atoms with Gasteiger partial charge in [-0.15, -0.1) is 0 Å². The third-order valence-electron chi connectivity index (χ3n) is 6.53. The molecule has 0 aliphatic heterocycles. The lowest BCUT2D eigenvalue weighted by Crippen LogP contribution is -2.43. The van der Waals surface area contributed by atoms with Crippen LogP contribution >= 0.6 is 0 Å². The number of aliphatic hydroxyl groups is 1. The van der Waals surface area contributed by atoms with Gasteiger partial charge in [0.2, 0.25) is 0 Å². The molecule has 2 unspecified atom stereocenters. The molecule has 1 N–H and O–H groups in total. The zero-order valence-corrected chi connectivity index (χ0v) is 14.1. The highest BCUT2D eigenvalue weighted by molar-refractivity contribution is 5.47. The van der Waals surface area contributed by atoms with Crippen molar-refractivity contribution < 1.29 is 5.11 Å². The first-order chi connectivity index (χ1) is 10.4. The minimum Gasteiger partial charge on any atom is -0.511 e. The van der Waals surface area contributed by atoms with Crippen LogP contribution in [0.2, 0.25) is 0 Å². The lowest BCUT2D eigenvalue weighted by Gasteiger charge is -2.52. The molecule has 4 rings (SSSR count). The van der Waals surface area contributed by atoms with Crippen LogP contribution in [0, 0.1) is 30.1 Å². The van der Waals surface area contributed by atoms with E-state index in [0.717, 1.165) is 6.42 Å². The molecule has 1 fully saturated rings. The van der Waals surface area contributed by atoms with Gasteiger partial charge in [0.1, 0.15) is 5.76 Å². The molecule has 0 saturated heterocycles. The molecular weight excluding hydrogens is 268 g/mol. The molecule has 5 atom stereocenters. The van der Waals surface area contributed by atoms with Gasteiger partial charge in [-0.05, 0) is 67.6 Å². The maximum Gasteiger partial charge on any atom is 0.102 e. The maximum absolute atomic E-state index is 10.4. The van der Waals surface area contributed by atoms with E-state index in [1.54, 1.807) is 11.1 Å². The normalized spacial score (nSPS) is 39.5. The summed E-state index contributed by atoms with van der Waals surface area (Å²) in [6, 6.07) is 7.03. The monoisotopic (exact) mass is 294 g/mol. The molecule has 0 spiro atoms. The van der Waals surface area contributed by atoms with E-state index < -0.39 is 0 Å². The molecule has 0 amide bonds. The number of fused-ring (bicyclic) bond motifs is 5. The molecule has 1 aromatic rings. The topological polar surface area (TPSA) is 20.2 Å². The van der Waals surface area contributed by atoms with Gasteiger partial charge in [-0.25, -0.2) is 0 Å². The largest absolute Gasteiger partial charge is 0.511 e. The van der Waals surface area contributed by atoms with Gasteiger partial charge in [0.25, 0.3) is 0 Å². The Balaban J connectivity index is 1.85. The molecule has 3 aliphatic rings. The third-order valence-corrected chi connectivity index (χ3v) is 6.53. The van der Waals surface area contributed by atoms with Crippen molar-refractivity contribution in [3.63, 3.8) is 0 Å². The predicted molar refractivity (Wildman–Crippen MR) is 91.0 cm³/mol. The summed E-state index contributed by atoms with van der Waals surface area (Å²) in [6.45, 7) is 9.21. The van der Waals surface area contributed by atoms with Crippen molar-refractivity contribution in [3.8, 4) is 0 Å². The fourth-order valence-corrected chi connectivity index (χ4v) is 5.57. The van der Waals surface area contributed by atoms with Crippen LogP contribution < -0.4 is 0 Å². The van der Waals surface area contributed by atoms with Gasteiger partial charge in [-0.3, -0.25) is 0 Å². The summed E-state index contributed by atoms with van der Waals surface area (Å²) in [5, 5.41) is 10.4. The van der Waals surface area contributed by atoms with E-state index in [-0.39, 0.29) is 5.41 Å². The van der Waals surface area contributed by atoms with Crippen molar-refractivity contribution in [1.29, 1.82) is 0 Å². The second kappa shape index (κ2) is 4.50. The van der Waals surface area contributed by atoms with E-state index in [1.165, 1.54) is 17.6 Å². The van der Waals surface area contributed by atoms with Gasteiger partial charge >= 0.3 is 0 Å². The van der Waals surface area contributed by atoms with Crippen molar-refractivity contribution in [2.24, 2.45) is 23.2 Å². The molecule has 1 nitrogen and oxygen atoms in total. The molecule has 22 heavy (non-hydrogen) atoms. The predicted octanol–water partition coefficient (Wildman–Crippen LogP) is 5.32. The quantitative estimate of drug-likeness (QED) is 0.687. The van der Waals surface area contributed by atoms with Crippen molar-refractivity contribution in [2.45, 2.75) is 46.5 Å². The molecule has 1 aromatic carbocycles. The molecule has 0 radical (unpaired) electrons. The van der Waals surface area contributed by atoms with Gasteiger partial charge in [0.15, 0.2) is 0 Å². The average molecular weight is 294 g/mol. The summed E-state index contributed by atoms with van der Waals surface area (Å²) < 4.78 is 0. The molecule has 1 heteroatoms. The Bertz CT molecular complexity index is 696. The maximum atomic E-state index is 10.4. The molecular formula is C21H26O. The Morgan fingerprint density at radius 3 is 2.64 bits per heavy atom. The fourth-order valence-electron chi connectivity index (χ4n) is 5.57. The number of benzene rings is 1. The summed E-state index contributed by atoms with van der Waals surface area (Å²) in [5.74, 6) is 3.01. The lowest BCUT2D eigenvalue weighted by molar-refractivity contribution is 0.120. The Hall–Kier alpha value is -1.50. The first-order valence-corrected chi connectivity index (χ1v) is 8.63.